The molecule has 1 N–H and O–H groups in total. The number of hydrogen-bond acceptors (Lipinski definition) is 5. The van der Waals surface area contributed by atoms with Gasteiger partial charge in [-0.15, -0.1) is 0 Å². The van der Waals surface area contributed by atoms with E-state index in [2.05, 4.69) is 5.32 Å². The molecule has 1 rings (SSSR count). The van der Waals surface area contributed by atoms with Gasteiger partial charge in [0.15, 0.2) is 0 Å². The van der Waals surface area contributed by atoms with E-state index in [-0.39, 0.29) is 18.1 Å². The molecule has 1 saturated heterocycles. The predicted molar refractivity (Wildman–Crippen MR) is 59.3 cm³/mol. The number of ether oxygens (including phenoxy) is 3. The van der Waals surface area contributed by atoms with Crippen LogP contribution in [0.25, 0.3) is 0 Å². The average Bonchev–Trinajstić information content (AvgIpc) is 2.28. The molecule has 16 heavy (non-hydrogen) atoms. The molecular weight excluding hydrogens is 210 g/mol. The quantitative estimate of drug-likeness (QED) is 0.668. The molecule has 1 aliphatic heterocycles. The third-order valence-electron chi connectivity index (χ3n) is 2.36. The monoisotopic (exact) mass is 231 g/mol. The second-order valence-corrected chi connectivity index (χ2v) is 3.89. The Balaban J connectivity index is 2.08. The number of carbonyl (C=O) groups is 1. The summed E-state index contributed by atoms with van der Waals surface area (Å²) in [4.78, 5) is 11.2. The normalized spacial score (nSPS) is 22.8. The zero-order valence-corrected chi connectivity index (χ0v) is 10.0. The Morgan fingerprint density at radius 1 is 1.56 bits per heavy atom. The molecular formula is C11H21NO4. The van der Waals surface area contributed by atoms with Crippen molar-refractivity contribution in [1.82, 2.24) is 5.32 Å². The molecule has 0 aliphatic carbocycles. The second kappa shape index (κ2) is 7.60. The maximum absolute atomic E-state index is 11.2. The van der Waals surface area contributed by atoms with Gasteiger partial charge in [-0.3, -0.25) is 4.79 Å². The van der Waals surface area contributed by atoms with Crippen LogP contribution in [0.15, 0.2) is 0 Å². The largest absolute Gasteiger partial charge is 0.466 e. The fourth-order valence-corrected chi connectivity index (χ4v) is 1.53. The Kier molecular flexibility index (Phi) is 6.37. The molecule has 0 spiro atoms. The SMILES string of the molecule is CCOC(=O)CC(C)NCC1COCCO1. The molecule has 5 nitrogen and oxygen atoms in total. The molecule has 2 atom stereocenters. The first-order chi connectivity index (χ1) is 7.72. The minimum Gasteiger partial charge on any atom is -0.466 e. The molecule has 2 unspecified atom stereocenters. The Bertz CT molecular complexity index is 204. The second-order valence-electron chi connectivity index (χ2n) is 3.89. The van der Waals surface area contributed by atoms with Crippen LogP contribution < -0.4 is 5.32 Å². The van der Waals surface area contributed by atoms with Gasteiger partial charge in [-0.05, 0) is 13.8 Å². The minimum atomic E-state index is -0.164. The van der Waals surface area contributed by atoms with Gasteiger partial charge < -0.3 is 19.5 Å². The van der Waals surface area contributed by atoms with Gasteiger partial charge in [-0.1, -0.05) is 0 Å². The van der Waals surface area contributed by atoms with Gasteiger partial charge in [0.2, 0.25) is 0 Å². The zero-order valence-electron chi connectivity index (χ0n) is 10.0. The Morgan fingerprint density at radius 3 is 3.00 bits per heavy atom. The molecule has 5 heteroatoms. The highest BCUT2D eigenvalue weighted by molar-refractivity contribution is 5.69. The first-order valence-corrected chi connectivity index (χ1v) is 5.80. The molecule has 0 amide bonds. The van der Waals surface area contributed by atoms with Crippen molar-refractivity contribution in [2.24, 2.45) is 0 Å². The molecule has 0 aromatic heterocycles. The van der Waals surface area contributed by atoms with Crippen molar-refractivity contribution in [3.05, 3.63) is 0 Å². The minimum absolute atomic E-state index is 0.0957. The summed E-state index contributed by atoms with van der Waals surface area (Å²) in [7, 11) is 0. The van der Waals surface area contributed by atoms with Gasteiger partial charge in [0.05, 0.1) is 39.0 Å². The number of carbonyl (C=O) groups excluding carboxylic acids is 1. The van der Waals surface area contributed by atoms with Gasteiger partial charge in [0.25, 0.3) is 0 Å². The number of nitrogens with one attached hydrogen (secondary N) is 1. The van der Waals surface area contributed by atoms with Gasteiger partial charge in [-0.2, -0.15) is 0 Å². The number of rotatable bonds is 6. The van der Waals surface area contributed by atoms with Gasteiger partial charge in [0.1, 0.15) is 0 Å². The van der Waals surface area contributed by atoms with Crippen molar-refractivity contribution in [1.29, 1.82) is 0 Å². The van der Waals surface area contributed by atoms with Crippen molar-refractivity contribution >= 4 is 5.97 Å². The van der Waals surface area contributed by atoms with E-state index in [1.165, 1.54) is 0 Å². The van der Waals surface area contributed by atoms with Gasteiger partial charge in [0, 0.05) is 12.6 Å². The van der Waals surface area contributed by atoms with Crippen LogP contribution in [-0.2, 0) is 19.0 Å². The average molecular weight is 231 g/mol. The summed E-state index contributed by atoms with van der Waals surface area (Å²) in [6.45, 7) is 6.86. The van der Waals surface area contributed by atoms with Crippen LogP contribution in [0.4, 0.5) is 0 Å². The maximum Gasteiger partial charge on any atom is 0.307 e. The van der Waals surface area contributed by atoms with Gasteiger partial charge >= 0.3 is 5.97 Å². The highest BCUT2D eigenvalue weighted by Crippen LogP contribution is 2.01. The van der Waals surface area contributed by atoms with E-state index in [0.29, 0.717) is 39.4 Å². The third kappa shape index (κ3) is 5.44. The van der Waals surface area contributed by atoms with E-state index in [0.717, 1.165) is 0 Å². The molecule has 0 aromatic carbocycles. The number of hydrogen-bond donors (Lipinski definition) is 1. The Hall–Kier alpha value is -0.650. The lowest BCUT2D eigenvalue weighted by Gasteiger charge is -2.24. The lowest BCUT2D eigenvalue weighted by Crippen LogP contribution is -2.41. The smallest absolute Gasteiger partial charge is 0.307 e. The zero-order chi connectivity index (χ0) is 11.8. The third-order valence-corrected chi connectivity index (χ3v) is 2.36. The summed E-state index contributed by atoms with van der Waals surface area (Å²) in [5.41, 5.74) is 0. The van der Waals surface area contributed by atoms with Crippen LogP contribution >= 0.6 is 0 Å². The molecule has 0 saturated carbocycles. The lowest BCUT2D eigenvalue weighted by molar-refractivity contribution is -0.143. The molecule has 0 radical (unpaired) electrons. The Labute approximate surface area is 96.4 Å². The highest BCUT2D eigenvalue weighted by atomic mass is 16.6. The van der Waals surface area contributed by atoms with Crippen molar-refractivity contribution < 1.29 is 19.0 Å². The summed E-state index contributed by atoms with van der Waals surface area (Å²) < 4.78 is 15.6. The first-order valence-electron chi connectivity index (χ1n) is 5.80. The van der Waals surface area contributed by atoms with Crippen LogP contribution in [0, 0.1) is 0 Å². The lowest BCUT2D eigenvalue weighted by atomic mass is 10.2. The van der Waals surface area contributed by atoms with Crippen LogP contribution in [0.2, 0.25) is 0 Å². The van der Waals surface area contributed by atoms with Crippen LogP contribution in [-0.4, -0.2) is 51.1 Å². The molecule has 0 aromatic rings. The Morgan fingerprint density at radius 2 is 2.38 bits per heavy atom. The summed E-state index contributed by atoms with van der Waals surface area (Å²) in [5.74, 6) is -0.164. The van der Waals surface area contributed by atoms with Crippen molar-refractivity contribution in [3.63, 3.8) is 0 Å². The van der Waals surface area contributed by atoms with Crippen molar-refractivity contribution in [3.8, 4) is 0 Å². The highest BCUT2D eigenvalue weighted by Gasteiger charge is 2.16. The van der Waals surface area contributed by atoms with Crippen LogP contribution in [0.3, 0.4) is 0 Å². The van der Waals surface area contributed by atoms with Crippen LogP contribution in [0.1, 0.15) is 20.3 Å². The van der Waals surface area contributed by atoms with Gasteiger partial charge in [-0.25, -0.2) is 0 Å². The molecule has 1 aliphatic rings. The van der Waals surface area contributed by atoms with E-state index in [1.807, 2.05) is 13.8 Å². The summed E-state index contributed by atoms with van der Waals surface area (Å²) >= 11 is 0. The van der Waals surface area contributed by atoms with E-state index in [1.54, 1.807) is 0 Å². The van der Waals surface area contributed by atoms with Crippen molar-refractivity contribution in [2.45, 2.75) is 32.4 Å². The predicted octanol–water partition coefficient (Wildman–Crippen LogP) is 0.333. The molecule has 94 valence electrons. The van der Waals surface area contributed by atoms with E-state index in [4.69, 9.17) is 14.2 Å². The summed E-state index contributed by atoms with van der Waals surface area (Å²) in [6.07, 6.45) is 0.486. The topological polar surface area (TPSA) is 56.8 Å². The summed E-state index contributed by atoms with van der Waals surface area (Å²) in [5, 5.41) is 3.24. The maximum atomic E-state index is 11.2. The fourth-order valence-electron chi connectivity index (χ4n) is 1.53. The van der Waals surface area contributed by atoms with Crippen LogP contribution in [0.5, 0.6) is 0 Å². The molecule has 0 bridgehead atoms. The standard InChI is InChI=1S/C11H21NO4/c1-3-15-11(13)6-9(2)12-7-10-8-14-4-5-16-10/h9-10,12H,3-8H2,1-2H3. The van der Waals surface area contributed by atoms with E-state index < -0.39 is 0 Å². The van der Waals surface area contributed by atoms with Crippen molar-refractivity contribution in [2.75, 3.05) is 33.0 Å². The van der Waals surface area contributed by atoms with E-state index >= 15 is 0 Å². The number of esters is 1. The fraction of sp³-hybridized carbons (Fsp3) is 0.909. The first kappa shape index (κ1) is 13.4. The molecule has 1 heterocycles. The molecule has 1 fully saturated rings. The summed E-state index contributed by atoms with van der Waals surface area (Å²) in [6, 6.07) is 0.101. The van der Waals surface area contributed by atoms with E-state index in [9.17, 15) is 4.79 Å².